The molecule has 0 saturated carbocycles. The maximum Gasteiger partial charge on any atom is 0.314 e. The van der Waals surface area contributed by atoms with Gasteiger partial charge in [-0.05, 0) is 5.56 Å². The number of halogens is 2. The molecule has 0 aliphatic carbocycles. The molecule has 9 nitrogen and oxygen atoms in total. The third-order valence-corrected chi connectivity index (χ3v) is 3.71. The van der Waals surface area contributed by atoms with Crippen LogP contribution in [-0.2, 0) is 6.54 Å². The first kappa shape index (κ1) is 20.5. The topological polar surface area (TPSA) is 124 Å². The highest BCUT2D eigenvalue weighted by atomic mass is 79.9. The van der Waals surface area contributed by atoms with Crippen molar-refractivity contribution in [2.45, 2.75) is 6.54 Å². The summed E-state index contributed by atoms with van der Waals surface area (Å²) in [6, 6.07) is 2.70. The van der Waals surface area contributed by atoms with E-state index >= 15 is 0 Å². The molecule has 1 saturated heterocycles. The average molecular weight is 467 g/mol. The van der Waals surface area contributed by atoms with Gasteiger partial charge in [-0.3, -0.25) is 24.6 Å². The van der Waals surface area contributed by atoms with Gasteiger partial charge >= 0.3 is 11.1 Å². The highest BCUT2D eigenvalue weighted by Crippen LogP contribution is 2.22. The van der Waals surface area contributed by atoms with Crippen molar-refractivity contribution in [3.63, 3.8) is 0 Å². The van der Waals surface area contributed by atoms with Crippen LogP contribution in [0.25, 0.3) is 11.0 Å². The van der Waals surface area contributed by atoms with Crippen LogP contribution in [0, 0.1) is 10.1 Å². The molecule has 132 valence electrons. The van der Waals surface area contributed by atoms with Gasteiger partial charge in [0.05, 0.1) is 16.0 Å². The first-order valence-corrected chi connectivity index (χ1v) is 6.91. The molecule has 11 heteroatoms. The zero-order valence-corrected chi connectivity index (χ0v) is 16.0. The number of aromatic amines is 2. The van der Waals surface area contributed by atoms with Gasteiger partial charge in [-0.25, -0.2) is 0 Å². The molecule has 1 aromatic carbocycles. The van der Waals surface area contributed by atoms with E-state index < -0.39 is 16.0 Å². The van der Waals surface area contributed by atoms with Crippen molar-refractivity contribution in [3.05, 3.63) is 48.5 Å². The van der Waals surface area contributed by atoms with Gasteiger partial charge in [-0.1, -0.05) is 0 Å². The number of benzene rings is 1. The molecule has 24 heavy (non-hydrogen) atoms. The molecule has 2 heterocycles. The number of H-pyrrole nitrogens is 2. The highest BCUT2D eigenvalue weighted by molar-refractivity contribution is 8.93. The zero-order valence-electron chi connectivity index (χ0n) is 12.5. The molecule has 3 N–H and O–H groups in total. The molecule has 1 fully saturated rings. The molecule has 1 aromatic heterocycles. The zero-order chi connectivity index (χ0) is 15.7. The number of hydrogen-bond acceptors (Lipinski definition) is 6. The second-order valence-corrected chi connectivity index (χ2v) is 5.22. The number of rotatable bonds is 3. The molecule has 0 unspecified atom stereocenters. The molecule has 0 bridgehead atoms. The fourth-order valence-electron chi connectivity index (χ4n) is 2.62. The summed E-state index contributed by atoms with van der Waals surface area (Å²) in [6.07, 6.45) is 0. The molecule has 1 aliphatic heterocycles. The Bertz CT molecular complexity index is 844. The van der Waals surface area contributed by atoms with Crippen LogP contribution in [0.15, 0.2) is 21.7 Å². The maximum absolute atomic E-state index is 11.5. The average Bonchev–Trinajstić information content (AvgIpc) is 2.50. The number of aromatic nitrogens is 2. The quantitative estimate of drug-likeness (QED) is 0.347. The van der Waals surface area contributed by atoms with Gasteiger partial charge in [0, 0.05) is 44.9 Å². The number of hydrogen-bond donors (Lipinski definition) is 3. The lowest BCUT2D eigenvalue weighted by molar-refractivity contribution is -0.384. The van der Waals surface area contributed by atoms with Crippen molar-refractivity contribution in [3.8, 4) is 0 Å². The van der Waals surface area contributed by atoms with Crippen LogP contribution in [-0.4, -0.2) is 46.0 Å². The Morgan fingerprint density at radius 2 is 1.71 bits per heavy atom. The van der Waals surface area contributed by atoms with Gasteiger partial charge in [-0.15, -0.1) is 34.0 Å². The van der Waals surface area contributed by atoms with E-state index in [1.807, 2.05) is 0 Å². The van der Waals surface area contributed by atoms with Gasteiger partial charge in [-0.2, -0.15) is 0 Å². The van der Waals surface area contributed by atoms with Crippen molar-refractivity contribution in [2.75, 3.05) is 26.2 Å². The van der Waals surface area contributed by atoms with E-state index in [-0.39, 0.29) is 45.2 Å². The van der Waals surface area contributed by atoms with Crippen LogP contribution >= 0.6 is 34.0 Å². The summed E-state index contributed by atoms with van der Waals surface area (Å²) in [5.74, 6) is 0. The van der Waals surface area contributed by atoms with Crippen LogP contribution in [0.3, 0.4) is 0 Å². The van der Waals surface area contributed by atoms with Crippen molar-refractivity contribution >= 4 is 50.7 Å². The highest BCUT2D eigenvalue weighted by Gasteiger charge is 2.17. The molecular formula is C13H17Br2N5O4. The van der Waals surface area contributed by atoms with E-state index in [0.29, 0.717) is 17.6 Å². The first-order chi connectivity index (χ1) is 10.5. The van der Waals surface area contributed by atoms with E-state index in [2.05, 4.69) is 20.2 Å². The minimum absolute atomic E-state index is 0. The maximum atomic E-state index is 11.5. The second kappa shape index (κ2) is 8.51. The van der Waals surface area contributed by atoms with Crippen molar-refractivity contribution in [1.29, 1.82) is 0 Å². The van der Waals surface area contributed by atoms with Crippen LogP contribution in [0.4, 0.5) is 5.69 Å². The minimum Gasteiger partial charge on any atom is -0.316 e. The van der Waals surface area contributed by atoms with Gasteiger partial charge in [0.15, 0.2) is 0 Å². The Morgan fingerprint density at radius 3 is 2.33 bits per heavy atom. The Hall–Kier alpha value is -1.56. The van der Waals surface area contributed by atoms with Crippen molar-refractivity contribution in [1.82, 2.24) is 20.2 Å². The van der Waals surface area contributed by atoms with Gasteiger partial charge in [0.1, 0.15) is 0 Å². The Labute approximate surface area is 157 Å². The molecule has 1 aliphatic rings. The predicted molar refractivity (Wildman–Crippen MR) is 101 cm³/mol. The fourth-order valence-corrected chi connectivity index (χ4v) is 2.62. The van der Waals surface area contributed by atoms with Gasteiger partial charge < -0.3 is 15.3 Å². The summed E-state index contributed by atoms with van der Waals surface area (Å²) >= 11 is 0. The molecule has 0 amide bonds. The molecule has 0 radical (unpaired) electrons. The molecule has 2 aromatic rings. The van der Waals surface area contributed by atoms with Crippen LogP contribution < -0.4 is 16.4 Å². The standard InChI is InChI=1S/C13H15N5O4.2BrH/c19-12-13(20)16-11-8(7-17-3-1-14-2-4-17)5-9(18(21)22)6-10(11)15-12;;/h5-6,14H,1-4,7H2,(H,15,19)(H,16,20);2*1H. The predicted octanol–water partition coefficient (Wildman–Crippen LogP) is 0.686. The summed E-state index contributed by atoms with van der Waals surface area (Å²) < 4.78 is 0. The molecule has 3 rings (SSSR count). The number of nitrogens with one attached hydrogen (secondary N) is 3. The number of non-ortho nitro benzene ring substituents is 1. The molecule has 0 spiro atoms. The minimum atomic E-state index is -0.818. The summed E-state index contributed by atoms with van der Waals surface area (Å²) in [6.45, 7) is 3.80. The van der Waals surface area contributed by atoms with E-state index in [1.165, 1.54) is 12.1 Å². The van der Waals surface area contributed by atoms with E-state index in [0.717, 1.165) is 26.2 Å². The van der Waals surface area contributed by atoms with Crippen LogP contribution in [0.1, 0.15) is 5.56 Å². The summed E-state index contributed by atoms with van der Waals surface area (Å²) in [5, 5.41) is 14.3. The lowest BCUT2D eigenvalue weighted by Gasteiger charge is -2.27. The summed E-state index contributed by atoms with van der Waals surface area (Å²) in [7, 11) is 0. The van der Waals surface area contributed by atoms with E-state index in [4.69, 9.17) is 0 Å². The lowest BCUT2D eigenvalue weighted by atomic mass is 10.1. The molecular weight excluding hydrogens is 450 g/mol. The Balaban J connectivity index is 0.00000144. The van der Waals surface area contributed by atoms with Gasteiger partial charge in [0.2, 0.25) is 0 Å². The van der Waals surface area contributed by atoms with Crippen molar-refractivity contribution < 1.29 is 4.92 Å². The normalized spacial score (nSPS) is 14.7. The number of nitro benzene ring substituents is 1. The third-order valence-electron chi connectivity index (χ3n) is 3.71. The van der Waals surface area contributed by atoms with E-state index in [1.54, 1.807) is 0 Å². The number of fused-ring (bicyclic) bond motifs is 1. The van der Waals surface area contributed by atoms with Crippen LogP contribution in [0.2, 0.25) is 0 Å². The van der Waals surface area contributed by atoms with Crippen LogP contribution in [0.5, 0.6) is 0 Å². The smallest absolute Gasteiger partial charge is 0.314 e. The lowest BCUT2D eigenvalue weighted by Crippen LogP contribution is -2.43. The third kappa shape index (κ3) is 4.29. The number of nitro groups is 1. The Morgan fingerprint density at radius 1 is 1.08 bits per heavy atom. The number of nitrogens with zero attached hydrogens (tertiary/aromatic N) is 2. The Kier molecular flexibility index (Phi) is 7.27. The SMILES string of the molecule is Br.Br.O=c1[nH]c2cc([N+](=O)[O-])cc(CN3CCNCC3)c2[nH]c1=O. The van der Waals surface area contributed by atoms with Crippen molar-refractivity contribution in [2.24, 2.45) is 0 Å². The monoisotopic (exact) mass is 465 g/mol. The summed E-state index contributed by atoms with van der Waals surface area (Å²) in [4.78, 5) is 40.6. The first-order valence-electron chi connectivity index (χ1n) is 6.91. The molecule has 0 atom stereocenters. The summed E-state index contributed by atoms with van der Waals surface area (Å²) in [5.41, 5.74) is -0.360. The van der Waals surface area contributed by atoms with Gasteiger partial charge in [0.25, 0.3) is 5.69 Å². The second-order valence-electron chi connectivity index (χ2n) is 5.22. The number of piperazine rings is 1. The fraction of sp³-hybridized carbons (Fsp3) is 0.385. The van der Waals surface area contributed by atoms with E-state index in [9.17, 15) is 19.7 Å². The largest absolute Gasteiger partial charge is 0.316 e.